The van der Waals surface area contributed by atoms with Crippen molar-refractivity contribution in [2.75, 3.05) is 0 Å². The number of rotatable bonds is 3. The molecule has 0 aliphatic heterocycles. The first-order chi connectivity index (χ1) is 12.5. The van der Waals surface area contributed by atoms with Crippen molar-refractivity contribution in [3.05, 3.63) is 73.7 Å². The number of thioether (sulfide) groups is 1. The number of halogens is 1. The van der Waals surface area contributed by atoms with Crippen molar-refractivity contribution in [1.82, 2.24) is 9.97 Å². The number of nitrogens with one attached hydrogen (secondary N) is 1. The van der Waals surface area contributed by atoms with Crippen LogP contribution in [0.25, 0.3) is 21.9 Å². The van der Waals surface area contributed by atoms with Gasteiger partial charge in [0.25, 0.3) is 0 Å². The molecule has 4 aromatic rings. The third-order valence-electron chi connectivity index (χ3n) is 4.08. The largest absolute Gasteiger partial charge is 0.423 e. The number of hydrogen-bond donors (Lipinski definition) is 1. The number of aromatic amines is 1. The fourth-order valence-electron chi connectivity index (χ4n) is 2.76. The molecule has 4 nitrogen and oxygen atoms in total. The highest BCUT2D eigenvalue weighted by Gasteiger charge is 2.10. The van der Waals surface area contributed by atoms with Gasteiger partial charge < -0.3 is 9.40 Å². The predicted octanol–water partition coefficient (Wildman–Crippen LogP) is 5.65. The third kappa shape index (κ3) is 3.28. The predicted molar refractivity (Wildman–Crippen MR) is 109 cm³/mol. The van der Waals surface area contributed by atoms with Gasteiger partial charge in [0.15, 0.2) is 5.16 Å². The lowest BCUT2D eigenvalue weighted by atomic mass is 10.1. The van der Waals surface area contributed by atoms with Gasteiger partial charge in [0.2, 0.25) is 0 Å². The fraction of sp³-hybridized carbons (Fsp3) is 0.105. The molecule has 26 heavy (non-hydrogen) atoms. The SMILES string of the molecule is Cc1cc2oc(=O)cc(CSc3nc(=S)c4ccccc4[nH]3)c2cc1Cl. The van der Waals surface area contributed by atoms with Gasteiger partial charge >= 0.3 is 5.63 Å². The second kappa shape index (κ2) is 6.87. The van der Waals surface area contributed by atoms with E-state index >= 15 is 0 Å². The molecule has 0 radical (unpaired) electrons. The van der Waals surface area contributed by atoms with Crippen molar-refractivity contribution in [3.63, 3.8) is 0 Å². The summed E-state index contributed by atoms with van der Waals surface area (Å²) in [6.07, 6.45) is 0. The zero-order valence-electron chi connectivity index (χ0n) is 13.7. The molecule has 0 atom stereocenters. The minimum atomic E-state index is -0.380. The first-order valence-electron chi connectivity index (χ1n) is 7.86. The molecule has 0 amide bonds. The van der Waals surface area contributed by atoms with E-state index in [9.17, 15) is 4.79 Å². The van der Waals surface area contributed by atoms with Gasteiger partial charge in [0.1, 0.15) is 10.2 Å². The quantitative estimate of drug-likeness (QED) is 0.208. The van der Waals surface area contributed by atoms with E-state index in [4.69, 9.17) is 28.2 Å². The van der Waals surface area contributed by atoms with Gasteiger partial charge in [-0.25, -0.2) is 9.78 Å². The van der Waals surface area contributed by atoms with Crippen molar-refractivity contribution in [2.24, 2.45) is 0 Å². The minimum absolute atomic E-state index is 0.380. The first kappa shape index (κ1) is 17.3. The lowest BCUT2D eigenvalue weighted by Gasteiger charge is -2.08. The summed E-state index contributed by atoms with van der Waals surface area (Å²) in [7, 11) is 0. The molecule has 2 aromatic carbocycles. The molecule has 1 N–H and O–H groups in total. The van der Waals surface area contributed by atoms with Gasteiger partial charge in [-0.05, 0) is 42.3 Å². The number of para-hydroxylation sites is 1. The van der Waals surface area contributed by atoms with Gasteiger partial charge in [0, 0.05) is 27.6 Å². The Balaban J connectivity index is 1.73. The number of fused-ring (bicyclic) bond motifs is 2. The molecule has 0 saturated heterocycles. The van der Waals surface area contributed by atoms with Crippen LogP contribution in [0.2, 0.25) is 5.02 Å². The molecular weight excluding hydrogens is 388 g/mol. The summed E-state index contributed by atoms with van der Waals surface area (Å²) < 4.78 is 5.86. The first-order valence-corrected chi connectivity index (χ1v) is 9.63. The molecule has 0 unspecified atom stereocenters. The second-order valence-electron chi connectivity index (χ2n) is 5.87. The highest BCUT2D eigenvalue weighted by atomic mass is 35.5. The van der Waals surface area contributed by atoms with Gasteiger partial charge in [-0.3, -0.25) is 0 Å². The van der Waals surface area contributed by atoms with Crippen molar-refractivity contribution < 1.29 is 4.42 Å². The second-order valence-corrected chi connectivity index (χ2v) is 7.63. The Morgan fingerprint density at radius 2 is 2.04 bits per heavy atom. The zero-order valence-corrected chi connectivity index (χ0v) is 16.1. The number of aryl methyl sites for hydroxylation is 1. The summed E-state index contributed by atoms with van der Waals surface area (Å²) in [4.78, 5) is 19.6. The summed E-state index contributed by atoms with van der Waals surface area (Å²) >= 11 is 13.1. The van der Waals surface area contributed by atoms with Crippen molar-refractivity contribution in [1.29, 1.82) is 0 Å². The molecule has 130 valence electrons. The van der Waals surface area contributed by atoms with Crippen LogP contribution in [0, 0.1) is 11.6 Å². The van der Waals surface area contributed by atoms with E-state index in [0.29, 0.717) is 26.2 Å². The Bertz CT molecular complexity index is 1260. The monoisotopic (exact) mass is 400 g/mol. The van der Waals surface area contributed by atoms with E-state index in [0.717, 1.165) is 27.4 Å². The molecule has 4 rings (SSSR count). The maximum absolute atomic E-state index is 11.9. The van der Waals surface area contributed by atoms with Crippen LogP contribution in [0.3, 0.4) is 0 Å². The summed E-state index contributed by atoms with van der Waals surface area (Å²) in [5, 5.41) is 3.08. The van der Waals surface area contributed by atoms with Crippen LogP contribution in [0.15, 0.2) is 56.8 Å². The van der Waals surface area contributed by atoms with Crippen LogP contribution in [-0.2, 0) is 5.75 Å². The molecule has 0 aliphatic rings. The third-order valence-corrected chi connectivity index (χ3v) is 5.72. The molecule has 0 aliphatic carbocycles. The molecule has 2 aromatic heterocycles. The number of hydrogen-bond acceptors (Lipinski definition) is 5. The Morgan fingerprint density at radius 3 is 2.88 bits per heavy atom. The number of aromatic nitrogens is 2. The molecular formula is C19H13ClN2O2S2. The highest BCUT2D eigenvalue weighted by molar-refractivity contribution is 7.98. The molecule has 0 saturated carbocycles. The Morgan fingerprint density at radius 1 is 1.23 bits per heavy atom. The molecule has 2 heterocycles. The Hall–Kier alpha value is -2.15. The van der Waals surface area contributed by atoms with E-state index in [1.165, 1.54) is 17.8 Å². The van der Waals surface area contributed by atoms with Gasteiger partial charge in [-0.2, -0.15) is 0 Å². The van der Waals surface area contributed by atoms with Crippen LogP contribution >= 0.6 is 35.6 Å². The van der Waals surface area contributed by atoms with E-state index in [1.54, 1.807) is 6.07 Å². The maximum atomic E-state index is 11.9. The van der Waals surface area contributed by atoms with Crippen LogP contribution in [0.4, 0.5) is 0 Å². The van der Waals surface area contributed by atoms with Crippen molar-refractivity contribution >= 4 is 57.5 Å². The topological polar surface area (TPSA) is 58.9 Å². The van der Waals surface area contributed by atoms with Gasteiger partial charge in [-0.15, -0.1) is 0 Å². The normalized spacial score (nSPS) is 11.3. The summed E-state index contributed by atoms with van der Waals surface area (Å²) in [5.74, 6) is 0.540. The Kier molecular flexibility index (Phi) is 4.56. The van der Waals surface area contributed by atoms with E-state index in [1.807, 2.05) is 37.3 Å². The van der Waals surface area contributed by atoms with Crippen LogP contribution in [0.5, 0.6) is 0 Å². The van der Waals surface area contributed by atoms with Gasteiger partial charge in [0.05, 0.1) is 5.52 Å². The van der Waals surface area contributed by atoms with E-state index in [2.05, 4.69) is 9.97 Å². The average Bonchev–Trinajstić information content (AvgIpc) is 2.61. The number of benzene rings is 2. The number of H-pyrrole nitrogens is 1. The molecule has 0 spiro atoms. The lowest BCUT2D eigenvalue weighted by Crippen LogP contribution is -2.00. The van der Waals surface area contributed by atoms with Crippen molar-refractivity contribution in [2.45, 2.75) is 17.8 Å². The summed E-state index contributed by atoms with van der Waals surface area (Å²) in [6, 6.07) is 12.9. The lowest BCUT2D eigenvalue weighted by molar-refractivity contribution is 0.559. The standard InChI is InChI=1S/C19H13ClN2O2S2/c1-10-6-16-13(8-14(10)20)11(7-17(23)24-16)9-26-19-21-15-5-3-2-4-12(15)18(25)22-19/h2-8H,9H2,1H3,(H,21,22,25). The molecule has 0 fully saturated rings. The fourth-order valence-corrected chi connectivity index (χ4v) is 4.12. The molecule has 7 heteroatoms. The van der Waals surface area contributed by atoms with Gasteiger partial charge in [-0.1, -0.05) is 47.7 Å². The summed E-state index contributed by atoms with van der Waals surface area (Å²) in [5.41, 5.74) is 2.81. The Labute approximate surface area is 163 Å². The number of nitrogens with zero attached hydrogens (tertiary/aromatic N) is 1. The van der Waals surface area contributed by atoms with Crippen molar-refractivity contribution in [3.8, 4) is 0 Å². The smallest absolute Gasteiger partial charge is 0.336 e. The van der Waals surface area contributed by atoms with Crippen LogP contribution < -0.4 is 5.63 Å². The average molecular weight is 401 g/mol. The highest BCUT2D eigenvalue weighted by Crippen LogP contribution is 2.29. The zero-order chi connectivity index (χ0) is 18.3. The van der Waals surface area contributed by atoms with Crippen LogP contribution in [-0.4, -0.2) is 9.97 Å². The van der Waals surface area contributed by atoms with E-state index in [-0.39, 0.29) is 5.63 Å². The summed E-state index contributed by atoms with van der Waals surface area (Å²) in [6.45, 7) is 1.88. The molecule has 0 bridgehead atoms. The van der Waals surface area contributed by atoms with E-state index < -0.39 is 0 Å². The minimum Gasteiger partial charge on any atom is -0.423 e. The maximum Gasteiger partial charge on any atom is 0.336 e. The van der Waals surface area contributed by atoms with Crippen LogP contribution in [0.1, 0.15) is 11.1 Å².